The van der Waals surface area contributed by atoms with Gasteiger partial charge in [-0.2, -0.15) is 8.99 Å². The average Bonchev–Trinajstić information content (AvgIpc) is 3.20. The summed E-state index contributed by atoms with van der Waals surface area (Å²) < 4.78 is 55.5. The van der Waals surface area contributed by atoms with E-state index in [1.165, 1.54) is 0 Å². The Morgan fingerprint density at radius 2 is 1.64 bits per heavy atom. The van der Waals surface area contributed by atoms with Crippen molar-refractivity contribution < 1.29 is 17.2 Å². The molecule has 1 saturated heterocycles. The number of hydrogen-bond donors (Lipinski definition) is 0. The Bertz CT molecular complexity index is 1080. The van der Waals surface area contributed by atoms with E-state index >= 15 is 0 Å². The third-order valence-corrected chi connectivity index (χ3v) is 6.40. The third-order valence-electron chi connectivity index (χ3n) is 4.49. The molecule has 1 fully saturated rings. The second kappa shape index (κ2) is 7.24. The van der Waals surface area contributed by atoms with Crippen molar-refractivity contribution in [1.29, 1.82) is 0 Å². The lowest BCUT2D eigenvalue weighted by molar-refractivity contribution is 0.379. The molecule has 2 aromatic carbocycles. The molecule has 1 aliphatic rings. The van der Waals surface area contributed by atoms with Crippen LogP contribution in [0.1, 0.15) is 0 Å². The number of piperazine rings is 1. The van der Waals surface area contributed by atoms with Gasteiger partial charge in [0.25, 0.3) is 0 Å². The molecule has 1 aromatic heterocycles. The molecule has 28 heavy (non-hydrogen) atoms. The smallest absolute Gasteiger partial charge is 0.250 e. The Hall–Kier alpha value is -2.92. The Morgan fingerprint density at radius 1 is 0.929 bits per heavy atom. The fraction of sp³-hybridized carbons (Fsp3) is 0.235. The minimum atomic E-state index is -4.14. The summed E-state index contributed by atoms with van der Waals surface area (Å²) in [6.45, 7) is 0.812. The number of benzene rings is 2. The fourth-order valence-corrected chi connectivity index (χ4v) is 4.56. The molecule has 0 radical (unpaired) electrons. The first-order chi connectivity index (χ1) is 13.5. The molecule has 2 heterocycles. The van der Waals surface area contributed by atoms with E-state index in [1.807, 2.05) is 35.2 Å². The van der Waals surface area contributed by atoms with Gasteiger partial charge in [-0.25, -0.2) is 17.2 Å². The van der Waals surface area contributed by atoms with E-state index in [0.29, 0.717) is 25.1 Å². The van der Waals surface area contributed by atoms with E-state index in [2.05, 4.69) is 15.5 Å². The van der Waals surface area contributed by atoms with Gasteiger partial charge in [-0.15, -0.1) is 0 Å². The van der Waals surface area contributed by atoms with E-state index in [0.717, 1.165) is 22.1 Å². The lowest BCUT2D eigenvalue weighted by Crippen LogP contribution is -2.49. The van der Waals surface area contributed by atoms with Gasteiger partial charge in [0.1, 0.15) is 16.5 Å². The number of rotatable bonds is 4. The van der Waals surface area contributed by atoms with Crippen LogP contribution in [0.25, 0.3) is 5.69 Å². The van der Waals surface area contributed by atoms with Crippen molar-refractivity contribution in [1.82, 2.24) is 24.5 Å². The number of aromatic nitrogens is 4. The molecular weight excluding hydrogens is 390 g/mol. The van der Waals surface area contributed by atoms with Crippen molar-refractivity contribution in [3.63, 3.8) is 0 Å². The number of nitrogens with zero attached hydrogens (tertiary/aromatic N) is 6. The molecule has 0 aliphatic carbocycles. The summed E-state index contributed by atoms with van der Waals surface area (Å²) in [6, 6.07) is 11.7. The lowest BCUT2D eigenvalue weighted by Gasteiger charge is -2.34. The molecule has 8 nitrogen and oxygen atoms in total. The topological polar surface area (TPSA) is 84.2 Å². The largest absolute Gasteiger partial charge is 0.337 e. The number of halogens is 2. The predicted molar refractivity (Wildman–Crippen MR) is 96.5 cm³/mol. The Balaban J connectivity index is 1.53. The quantitative estimate of drug-likeness (QED) is 0.652. The van der Waals surface area contributed by atoms with Gasteiger partial charge in [0.05, 0.1) is 5.69 Å². The van der Waals surface area contributed by atoms with E-state index in [4.69, 9.17) is 0 Å². The van der Waals surface area contributed by atoms with Crippen LogP contribution in [-0.4, -0.2) is 59.1 Å². The number of anilines is 1. The molecule has 0 N–H and O–H groups in total. The van der Waals surface area contributed by atoms with Crippen LogP contribution in [0.15, 0.2) is 53.4 Å². The third kappa shape index (κ3) is 3.34. The van der Waals surface area contributed by atoms with Crippen molar-refractivity contribution in [3.8, 4) is 5.69 Å². The first-order valence-corrected chi connectivity index (χ1v) is 9.95. The SMILES string of the molecule is O=S(=O)(c1cc(F)ccc1F)N1CCN(c2nnnn2-c2ccccc2)CC1. The monoisotopic (exact) mass is 406 g/mol. The van der Waals surface area contributed by atoms with Crippen molar-refractivity contribution >= 4 is 16.0 Å². The molecular formula is C17H16F2N6O2S. The van der Waals surface area contributed by atoms with E-state index in [-0.39, 0.29) is 13.1 Å². The van der Waals surface area contributed by atoms with Crippen molar-refractivity contribution in [2.24, 2.45) is 0 Å². The van der Waals surface area contributed by atoms with Gasteiger partial charge < -0.3 is 4.90 Å². The highest BCUT2D eigenvalue weighted by Gasteiger charge is 2.32. The minimum absolute atomic E-state index is 0.0972. The molecule has 3 aromatic rings. The fourth-order valence-electron chi connectivity index (χ4n) is 3.06. The summed E-state index contributed by atoms with van der Waals surface area (Å²) in [5.41, 5.74) is 0.777. The van der Waals surface area contributed by atoms with E-state index in [9.17, 15) is 17.2 Å². The van der Waals surface area contributed by atoms with Crippen LogP contribution < -0.4 is 4.90 Å². The highest BCUT2D eigenvalue weighted by molar-refractivity contribution is 7.89. The van der Waals surface area contributed by atoms with Crippen molar-refractivity contribution in [2.75, 3.05) is 31.1 Å². The average molecular weight is 406 g/mol. The second-order valence-corrected chi connectivity index (χ2v) is 8.10. The van der Waals surface area contributed by atoms with Crippen LogP contribution in [0, 0.1) is 11.6 Å². The van der Waals surface area contributed by atoms with E-state index in [1.54, 1.807) is 4.68 Å². The molecule has 0 bridgehead atoms. The zero-order valence-corrected chi connectivity index (χ0v) is 15.4. The number of hydrogen-bond acceptors (Lipinski definition) is 6. The maximum atomic E-state index is 13.9. The molecule has 0 atom stereocenters. The van der Waals surface area contributed by atoms with E-state index < -0.39 is 26.6 Å². The molecule has 0 spiro atoms. The van der Waals surface area contributed by atoms with Crippen LogP contribution in [0.4, 0.5) is 14.7 Å². The predicted octanol–water partition coefficient (Wildman–Crippen LogP) is 1.45. The summed E-state index contributed by atoms with van der Waals surface area (Å²) in [5.74, 6) is -1.29. The van der Waals surface area contributed by atoms with Crippen LogP contribution in [0.5, 0.6) is 0 Å². The molecule has 0 unspecified atom stereocenters. The number of tetrazole rings is 1. The lowest BCUT2D eigenvalue weighted by atomic mass is 10.3. The van der Waals surface area contributed by atoms with Gasteiger partial charge in [0, 0.05) is 26.2 Å². The summed E-state index contributed by atoms with van der Waals surface area (Å²) in [7, 11) is -4.14. The molecule has 11 heteroatoms. The first-order valence-electron chi connectivity index (χ1n) is 8.51. The molecule has 146 valence electrons. The van der Waals surface area contributed by atoms with Crippen LogP contribution in [0.3, 0.4) is 0 Å². The molecule has 0 amide bonds. The maximum Gasteiger partial charge on any atom is 0.250 e. The summed E-state index contributed by atoms with van der Waals surface area (Å²) in [6.07, 6.45) is 0. The highest BCUT2D eigenvalue weighted by Crippen LogP contribution is 2.23. The summed E-state index contributed by atoms with van der Waals surface area (Å²) in [4.78, 5) is 1.19. The number of sulfonamides is 1. The highest BCUT2D eigenvalue weighted by atomic mass is 32.2. The van der Waals surface area contributed by atoms with Gasteiger partial charge in [-0.1, -0.05) is 23.3 Å². The Morgan fingerprint density at radius 3 is 2.36 bits per heavy atom. The van der Waals surface area contributed by atoms with Gasteiger partial charge in [-0.05, 0) is 40.8 Å². The summed E-state index contributed by atoms with van der Waals surface area (Å²) >= 11 is 0. The Kier molecular flexibility index (Phi) is 4.77. The normalized spacial score (nSPS) is 15.7. The van der Waals surface area contributed by atoms with Gasteiger partial charge in [0.15, 0.2) is 0 Å². The summed E-state index contributed by atoms with van der Waals surface area (Å²) in [5, 5.41) is 11.7. The standard InChI is InChI=1S/C17H16F2N6O2S/c18-13-6-7-15(19)16(12-13)28(26,27)24-10-8-23(9-11-24)17-20-21-22-25(17)14-4-2-1-3-5-14/h1-7,12H,8-11H2. The van der Waals surface area contributed by atoms with Gasteiger partial charge in [-0.3, -0.25) is 0 Å². The molecule has 4 rings (SSSR count). The van der Waals surface area contributed by atoms with Gasteiger partial charge in [0.2, 0.25) is 16.0 Å². The zero-order valence-electron chi connectivity index (χ0n) is 14.6. The molecule has 0 saturated carbocycles. The second-order valence-electron chi connectivity index (χ2n) is 6.19. The number of para-hydroxylation sites is 1. The first kappa shape index (κ1) is 18.4. The van der Waals surface area contributed by atoms with Gasteiger partial charge >= 0.3 is 0 Å². The van der Waals surface area contributed by atoms with Crippen molar-refractivity contribution in [3.05, 3.63) is 60.2 Å². The van der Waals surface area contributed by atoms with Crippen LogP contribution in [0.2, 0.25) is 0 Å². The maximum absolute atomic E-state index is 13.9. The van der Waals surface area contributed by atoms with Crippen molar-refractivity contribution in [2.45, 2.75) is 4.90 Å². The molecule has 1 aliphatic heterocycles. The zero-order chi connectivity index (χ0) is 19.7. The van der Waals surface area contributed by atoms with Crippen LogP contribution in [-0.2, 0) is 10.0 Å². The van der Waals surface area contributed by atoms with Crippen LogP contribution >= 0.6 is 0 Å². The Labute approximate surface area is 160 Å². The minimum Gasteiger partial charge on any atom is -0.337 e.